The smallest absolute Gasteiger partial charge is 0.223 e. The molecule has 0 fully saturated rings. The fourth-order valence-corrected chi connectivity index (χ4v) is 3.90. The number of thioether (sulfide) groups is 1. The van der Waals surface area contributed by atoms with Gasteiger partial charge in [-0.15, -0.1) is 5.10 Å². The highest BCUT2D eigenvalue weighted by Gasteiger charge is 2.17. The highest BCUT2D eigenvalue weighted by atomic mass is 35.5. The summed E-state index contributed by atoms with van der Waals surface area (Å²) >= 11 is 8.02. The molecule has 3 aromatic heterocycles. The first-order valence-corrected chi connectivity index (χ1v) is 8.76. The molecule has 0 amide bonds. The van der Waals surface area contributed by atoms with Crippen LogP contribution in [0.2, 0.25) is 5.15 Å². The van der Waals surface area contributed by atoms with Gasteiger partial charge in [0.1, 0.15) is 10.2 Å². The number of aromatic nitrogens is 7. The summed E-state index contributed by atoms with van der Waals surface area (Å²) in [6, 6.07) is 9.76. The molecular formula is C15H13ClN8S. The van der Waals surface area contributed by atoms with Gasteiger partial charge in [0.2, 0.25) is 5.95 Å². The lowest BCUT2D eigenvalue weighted by Gasteiger charge is -2.04. The molecule has 0 bridgehead atoms. The third-order valence-electron chi connectivity index (χ3n) is 3.65. The molecule has 10 heteroatoms. The fraction of sp³-hybridized carbons (Fsp3) is 0.133. The Labute approximate surface area is 151 Å². The molecular weight excluding hydrogens is 360 g/mol. The number of H-pyrrole nitrogens is 1. The Kier molecular flexibility index (Phi) is 4.02. The van der Waals surface area contributed by atoms with Gasteiger partial charge in [0.15, 0.2) is 11.2 Å². The van der Waals surface area contributed by atoms with E-state index in [1.807, 2.05) is 37.3 Å². The minimum atomic E-state index is 0.170. The second-order valence-corrected chi connectivity index (χ2v) is 6.61. The molecule has 25 heavy (non-hydrogen) atoms. The molecule has 0 aliphatic carbocycles. The number of hydrogen-bond acceptors (Lipinski definition) is 7. The first-order valence-electron chi connectivity index (χ1n) is 7.40. The van der Waals surface area contributed by atoms with Crippen LogP contribution >= 0.6 is 23.4 Å². The van der Waals surface area contributed by atoms with E-state index in [4.69, 9.17) is 17.3 Å². The molecule has 4 rings (SSSR count). The monoisotopic (exact) mass is 372 g/mol. The van der Waals surface area contributed by atoms with Gasteiger partial charge in [-0.2, -0.15) is 10.1 Å². The van der Waals surface area contributed by atoms with E-state index in [0.717, 1.165) is 16.9 Å². The van der Waals surface area contributed by atoms with Crippen molar-refractivity contribution in [2.75, 3.05) is 5.73 Å². The summed E-state index contributed by atoms with van der Waals surface area (Å²) in [5, 5.41) is 16.2. The minimum Gasteiger partial charge on any atom is -0.368 e. The van der Waals surface area contributed by atoms with E-state index in [1.54, 1.807) is 4.68 Å². The molecule has 0 unspecified atom stereocenters. The van der Waals surface area contributed by atoms with Gasteiger partial charge in [0, 0.05) is 11.3 Å². The van der Waals surface area contributed by atoms with Gasteiger partial charge < -0.3 is 5.73 Å². The zero-order valence-electron chi connectivity index (χ0n) is 13.1. The molecule has 0 spiro atoms. The fourth-order valence-electron chi connectivity index (χ4n) is 2.42. The number of aromatic amines is 1. The number of para-hydroxylation sites is 1. The normalized spacial score (nSPS) is 11.3. The van der Waals surface area contributed by atoms with Gasteiger partial charge >= 0.3 is 0 Å². The molecule has 0 saturated heterocycles. The van der Waals surface area contributed by atoms with E-state index in [0.29, 0.717) is 27.1 Å². The summed E-state index contributed by atoms with van der Waals surface area (Å²) in [7, 11) is 0. The van der Waals surface area contributed by atoms with E-state index in [1.165, 1.54) is 11.8 Å². The molecule has 0 radical (unpaired) electrons. The molecule has 4 aromatic rings. The van der Waals surface area contributed by atoms with Crippen LogP contribution in [0, 0.1) is 6.92 Å². The number of nitrogens with two attached hydrogens (primary N) is 1. The largest absolute Gasteiger partial charge is 0.368 e. The Morgan fingerprint density at radius 3 is 2.84 bits per heavy atom. The van der Waals surface area contributed by atoms with Crippen molar-refractivity contribution in [3.8, 4) is 5.69 Å². The zero-order chi connectivity index (χ0) is 17.4. The number of benzene rings is 1. The maximum atomic E-state index is 6.55. The first kappa shape index (κ1) is 15.9. The van der Waals surface area contributed by atoms with Gasteiger partial charge in [0.05, 0.1) is 11.4 Å². The summed E-state index contributed by atoms with van der Waals surface area (Å²) in [6.45, 7) is 1.93. The van der Waals surface area contributed by atoms with Gasteiger partial charge in [-0.25, -0.2) is 14.8 Å². The Morgan fingerprint density at radius 1 is 1.24 bits per heavy atom. The van der Waals surface area contributed by atoms with Crippen LogP contribution in [0.5, 0.6) is 0 Å². The average Bonchev–Trinajstić information content (AvgIpc) is 3.18. The van der Waals surface area contributed by atoms with Crippen LogP contribution in [0.3, 0.4) is 0 Å². The lowest BCUT2D eigenvalue weighted by Crippen LogP contribution is -1.97. The molecule has 3 N–H and O–H groups in total. The Bertz CT molecular complexity index is 1040. The number of hydrogen-bond donors (Lipinski definition) is 2. The van der Waals surface area contributed by atoms with Gasteiger partial charge in [-0.05, 0) is 19.1 Å². The van der Waals surface area contributed by atoms with Crippen LogP contribution in [0.25, 0.3) is 16.9 Å². The van der Waals surface area contributed by atoms with Crippen molar-refractivity contribution in [3.63, 3.8) is 0 Å². The minimum absolute atomic E-state index is 0.170. The number of nitrogens with one attached hydrogen (secondary N) is 1. The van der Waals surface area contributed by atoms with Crippen LogP contribution in [0.4, 0.5) is 5.95 Å². The summed E-state index contributed by atoms with van der Waals surface area (Å²) in [4.78, 5) is 8.31. The standard InChI is InChI=1S/C15H13ClN8S/c1-8-10(12(16)24(22-8)9-5-3-2-4-6-9)7-25-14-11-13(21-23-20-11)18-15(17)19-14/h2-6H,7H2,1H3,(H3,17,18,19,20,21,23). The molecule has 0 aliphatic rings. The topological polar surface area (TPSA) is 111 Å². The van der Waals surface area contributed by atoms with Crippen molar-refractivity contribution in [2.45, 2.75) is 17.7 Å². The van der Waals surface area contributed by atoms with E-state index < -0.39 is 0 Å². The predicted octanol–water partition coefficient (Wildman–Crippen LogP) is 2.77. The SMILES string of the molecule is Cc1nn(-c2ccccc2)c(Cl)c1CSc1nc(N)nc2[nH]nnc12. The van der Waals surface area contributed by atoms with Crippen molar-refractivity contribution in [1.29, 1.82) is 0 Å². The number of aryl methyl sites for hydroxylation is 1. The van der Waals surface area contributed by atoms with Crippen LogP contribution < -0.4 is 5.73 Å². The molecule has 126 valence electrons. The van der Waals surface area contributed by atoms with Crippen LogP contribution in [-0.2, 0) is 5.75 Å². The third-order valence-corrected chi connectivity index (χ3v) is 5.03. The van der Waals surface area contributed by atoms with Crippen molar-refractivity contribution in [1.82, 2.24) is 35.2 Å². The van der Waals surface area contributed by atoms with Crippen molar-refractivity contribution < 1.29 is 0 Å². The number of halogens is 1. The van der Waals surface area contributed by atoms with E-state index in [9.17, 15) is 0 Å². The second-order valence-electron chi connectivity index (χ2n) is 5.29. The van der Waals surface area contributed by atoms with Crippen molar-refractivity contribution >= 4 is 40.5 Å². The molecule has 0 saturated carbocycles. The lowest BCUT2D eigenvalue weighted by molar-refractivity contribution is 0.863. The predicted molar refractivity (Wildman–Crippen MR) is 96.8 cm³/mol. The molecule has 0 aliphatic heterocycles. The number of anilines is 1. The highest BCUT2D eigenvalue weighted by molar-refractivity contribution is 7.98. The lowest BCUT2D eigenvalue weighted by atomic mass is 10.3. The zero-order valence-corrected chi connectivity index (χ0v) is 14.7. The van der Waals surface area contributed by atoms with E-state index >= 15 is 0 Å². The Hall–Kier alpha value is -2.65. The number of fused-ring (bicyclic) bond motifs is 1. The summed E-state index contributed by atoms with van der Waals surface area (Å²) in [6.07, 6.45) is 0. The Balaban J connectivity index is 1.65. The van der Waals surface area contributed by atoms with Crippen molar-refractivity contribution in [2.24, 2.45) is 0 Å². The number of rotatable bonds is 4. The Morgan fingerprint density at radius 2 is 2.04 bits per heavy atom. The van der Waals surface area contributed by atoms with Gasteiger partial charge in [-0.1, -0.05) is 46.8 Å². The maximum absolute atomic E-state index is 6.55. The number of nitrogen functional groups attached to an aromatic ring is 1. The quantitative estimate of drug-likeness (QED) is 0.418. The van der Waals surface area contributed by atoms with Crippen LogP contribution in [0.1, 0.15) is 11.3 Å². The van der Waals surface area contributed by atoms with Crippen LogP contribution in [-0.4, -0.2) is 35.2 Å². The summed E-state index contributed by atoms with van der Waals surface area (Å²) < 4.78 is 1.73. The van der Waals surface area contributed by atoms with Crippen LogP contribution in [0.15, 0.2) is 35.4 Å². The molecule has 3 heterocycles. The first-order chi connectivity index (χ1) is 12.1. The molecule has 8 nitrogen and oxygen atoms in total. The molecule has 0 atom stereocenters. The average molecular weight is 373 g/mol. The maximum Gasteiger partial charge on any atom is 0.223 e. The van der Waals surface area contributed by atoms with E-state index in [2.05, 4.69) is 30.5 Å². The highest BCUT2D eigenvalue weighted by Crippen LogP contribution is 2.31. The summed E-state index contributed by atoms with van der Waals surface area (Å²) in [5.74, 6) is 0.750. The van der Waals surface area contributed by atoms with Gasteiger partial charge in [0.25, 0.3) is 0 Å². The summed E-state index contributed by atoms with van der Waals surface area (Å²) in [5.41, 5.74) is 9.55. The third kappa shape index (κ3) is 2.92. The van der Waals surface area contributed by atoms with Crippen molar-refractivity contribution in [3.05, 3.63) is 46.7 Å². The van der Waals surface area contributed by atoms with E-state index in [-0.39, 0.29) is 5.95 Å². The second kappa shape index (κ2) is 6.34. The van der Waals surface area contributed by atoms with Gasteiger partial charge in [-0.3, -0.25) is 0 Å². The molecule has 1 aromatic carbocycles. The number of nitrogens with zero attached hydrogens (tertiary/aromatic N) is 6.